The van der Waals surface area contributed by atoms with Crippen LogP contribution in [0.4, 0.5) is 0 Å². The first-order valence-electron chi connectivity index (χ1n) is 7.25. The third-order valence-electron chi connectivity index (χ3n) is 4.68. The maximum absolute atomic E-state index is 10.8. The molecule has 0 aromatic heterocycles. The molecule has 1 aliphatic carbocycles. The summed E-state index contributed by atoms with van der Waals surface area (Å²) >= 11 is 0. The summed E-state index contributed by atoms with van der Waals surface area (Å²) in [6, 6.07) is 10.4. The van der Waals surface area contributed by atoms with Gasteiger partial charge in [0.2, 0.25) is 0 Å². The highest BCUT2D eigenvalue weighted by atomic mass is 16.3. The fraction of sp³-hybridized carbons (Fsp3) is 0.647. The Labute approximate surface area is 111 Å². The zero-order valence-electron chi connectivity index (χ0n) is 11.9. The van der Waals surface area contributed by atoms with Crippen LogP contribution in [0, 0.1) is 11.8 Å². The van der Waals surface area contributed by atoms with Crippen LogP contribution < -0.4 is 0 Å². The van der Waals surface area contributed by atoms with Gasteiger partial charge < -0.3 is 5.11 Å². The Kier molecular flexibility index (Phi) is 4.11. The maximum Gasteiger partial charge on any atom is 0.0659 e. The molecule has 3 unspecified atom stereocenters. The molecule has 1 N–H and O–H groups in total. The summed E-state index contributed by atoms with van der Waals surface area (Å²) in [6.07, 6.45) is 4.73. The molecule has 1 nitrogen and oxygen atoms in total. The van der Waals surface area contributed by atoms with E-state index in [1.807, 2.05) is 6.07 Å². The second-order valence-corrected chi connectivity index (χ2v) is 6.56. The van der Waals surface area contributed by atoms with Crippen LogP contribution in [-0.2, 0) is 5.41 Å². The molecule has 3 atom stereocenters. The van der Waals surface area contributed by atoms with Crippen molar-refractivity contribution in [3.8, 4) is 0 Å². The molecule has 0 radical (unpaired) electrons. The van der Waals surface area contributed by atoms with Crippen molar-refractivity contribution < 1.29 is 5.11 Å². The van der Waals surface area contributed by atoms with Crippen LogP contribution in [-0.4, -0.2) is 11.2 Å². The first kappa shape index (κ1) is 13.6. The summed E-state index contributed by atoms with van der Waals surface area (Å²) in [5.41, 5.74) is 1.10. The predicted octanol–water partition coefficient (Wildman–Crippen LogP) is 4.15. The second-order valence-electron chi connectivity index (χ2n) is 6.56. The second kappa shape index (κ2) is 5.44. The molecule has 0 heterocycles. The molecule has 2 rings (SSSR count). The van der Waals surface area contributed by atoms with Crippen molar-refractivity contribution in [2.45, 2.75) is 58.0 Å². The van der Waals surface area contributed by atoms with Crippen molar-refractivity contribution >= 4 is 0 Å². The number of hydrogen-bond donors (Lipinski definition) is 1. The molecule has 0 saturated heterocycles. The minimum absolute atomic E-state index is 0.150. The molecule has 0 bridgehead atoms. The van der Waals surface area contributed by atoms with E-state index in [0.29, 0.717) is 5.92 Å². The van der Waals surface area contributed by atoms with E-state index in [1.54, 1.807) is 0 Å². The van der Waals surface area contributed by atoms with Gasteiger partial charge in [0.25, 0.3) is 0 Å². The monoisotopic (exact) mass is 246 g/mol. The maximum atomic E-state index is 10.8. The third kappa shape index (κ3) is 2.77. The molecule has 100 valence electrons. The van der Waals surface area contributed by atoms with Crippen LogP contribution in [0.15, 0.2) is 30.3 Å². The van der Waals surface area contributed by atoms with Crippen molar-refractivity contribution in [3.63, 3.8) is 0 Å². The largest absolute Gasteiger partial charge is 0.392 e. The molecular weight excluding hydrogens is 220 g/mol. The van der Waals surface area contributed by atoms with Gasteiger partial charge in [-0.05, 0) is 30.2 Å². The number of benzene rings is 1. The third-order valence-corrected chi connectivity index (χ3v) is 4.68. The highest BCUT2D eigenvalue weighted by Crippen LogP contribution is 2.38. The molecule has 18 heavy (non-hydrogen) atoms. The summed E-state index contributed by atoms with van der Waals surface area (Å²) < 4.78 is 0. The van der Waals surface area contributed by atoms with Gasteiger partial charge in [-0.1, -0.05) is 63.9 Å². The lowest BCUT2D eigenvalue weighted by molar-refractivity contribution is 0.0181. The Morgan fingerprint density at radius 1 is 1.17 bits per heavy atom. The lowest BCUT2D eigenvalue weighted by Gasteiger charge is -2.39. The molecule has 0 spiro atoms. The Morgan fingerprint density at radius 2 is 1.83 bits per heavy atom. The lowest BCUT2D eigenvalue weighted by Crippen LogP contribution is -2.41. The lowest BCUT2D eigenvalue weighted by atomic mass is 9.69. The minimum Gasteiger partial charge on any atom is -0.392 e. The molecule has 1 saturated carbocycles. The first-order valence-corrected chi connectivity index (χ1v) is 7.25. The van der Waals surface area contributed by atoms with Crippen LogP contribution in [0.1, 0.15) is 52.0 Å². The minimum atomic E-state index is -0.234. The summed E-state index contributed by atoms with van der Waals surface area (Å²) in [4.78, 5) is 0. The van der Waals surface area contributed by atoms with E-state index in [1.165, 1.54) is 31.2 Å². The van der Waals surface area contributed by atoms with Crippen LogP contribution in [0.25, 0.3) is 0 Å². The zero-order chi connectivity index (χ0) is 13.2. The van der Waals surface area contributed by atoms with Crippen molar-refractivity contribution in [3.05, 3.63) is 35.9 Å². The molecule has 1 aliphatic rings. The van der Waals surface area contributed by atoms with Crippen molar-refractivity contribution in [2.24, 2.45) is 11.8 Å². The smallest absolute Gasteiger partial charge is 0.0659 e. The van der Waals surface area contributed by atoms with E-state index in [9.17, 15) is 5.11 Å². The fourth-order valence-corrected chi connectivity index (χ4v) is 3.40. The van der Waals surface area contributed by atoms with E-state index in [4.69, 9.17) is 0 Å². The Bertz CT molecular complexity index is 368. The van der Waals surface area contributed by atoms with Gasteiger partial charge in [0.1, 0.15) is 0 Å². The molecule has 1 fully saturated rings. The Morgan fingerprint density at radius 3 is 2.44 bits per heavy atom. The highest BCUT2D eigenvalue weighted by Gasteiger charge is 2.37. The summed E-state index contributed by atoms with van der Waals surface area (Å²) in [5, 5.41) is 10.8. The summed E-state index contributed by atoms with van der Waals surface area (Å²) in [6.45, 7) is 6.66. The van der Waals surface area contributed by atoms with Gasteiger partial charge in [0, 0.05) is 5.41 Å². The molecule has 0 aliphatic heterocycles. The number of aliphatic hydroxyl groups excluding tert-OH is 1. The SMILES string of the molecule is CC1CCCC(C(O)C(C)(C)c2ccccc2)C1. The molecular formula is C17H26O. The average molecular weight is 246 g/mol. The molecule has 0 amide bonds. The van der Waals surface area contributed by atoms with Crippen LogP contribution in [0.2, 0.25) is 0 Å². The van der Waals surface area contributed by atoms with Crippen LogP contribution >= 0.6 is 0 Å². The fourth-order valence-electron chi connectivity index (χ4n) is 3.40. The number of aliphatic hydroxyl groups is 1. The number of rotatable bonds is 3. The normalized spacial score (nSPS) is 26.9. The zero-order valence-corrected chi connectivity index (χ0v) is 11.9. The Hall–Kier alpha value is -0.820. The van der Waals surface area contributed by atoms with Crippen LogP contribution in [0.5, 0.6) is 0 Å². The van der Waals surface area contributed by atoms with Crippen molar-refractivity contribution in [1.29, 1.82) is 0 Å². The Balaban J connectivity index is 2.14. The van der Waals surface area contributed by atoms with Gasteiger partial charge in [-0.15, -0.1) is 0 Å². The van der Waals surface area contributed by atoms with Gasteiger partial charge in [-0.2, -0.15) is 0 Å². The van der Waals surface area contributed by atoms with E-state index in [2.05, 4.69) is 45.0 Å². The van der Waals surface area contributed by atoms with E-state index >= 15 is 0 Å². The summed E-state index contributed by atoms with van der Waals surface area (Å²) in [7, 11) is 0. The quantitative estimate of drug-likeness (QED) is 0.849. The van der Waals surface area contributed by atoms with E-state index in [-0.39, 0.29) is 11.5 Å². The predicted molar refractivity (Wildman–Crippen MR) is 76.6 cm³/mol. The molecule has 1 aromatic rings. The average Bonchev–Trinajstić information content (AvgIpc) is 2.39. The van der Waals surface area contributed by atoms with Crippen molar-refractivity contribution in [1.82, 2.24) is 0 Å². The first-order chi connectivity index (χ1) is 8.51. The van der Waals surface area contributed by atoms with Crippen LogP contribution in [0.3, 0.4) is 0 Å². The van der Waals surface area contributed by atoms with E-state index in [0.717, 1.165) is 5.92 Å². The number of hydrogen-bond acceptors (Lipinski definition) is 1. The standard InChI is InChI=1S/C17H26O/c1-13-8-7-9-14(12-13)16(18)17(2,3)15-10-5-4-6-11-15/h4-6,10-11,13-14,16,18H,7-9,12H2,1-3H3. The topological polar surface area (TPSA) is 20.2 Å². The van der Waals surface area contributed by atoms with Gasteiger partial charge in [0.15, 0.2) is 0 Å². The van der Waals surface area contributed by atoms with Gasteiger partial charge in [0.05, 0.1) is 6.10 Å². The molecule has 1 aromatic carbocycles. The van der Waals surface area contributed by atoms with E-state index < -0.39 is 0 Å². The highest BCUT2D eigenvalue weighted by molar-refractivity contribution is 5.25. The van der Waals surface area contributed by atoms with Gasteiger partial charge >= 0.3 is 0 Å². The molecule has 1 heteroatoms. The van der Waals surface area contributed by atoms with Gasteiger partial charge in [-0.3, -0.25) is 0 Å². The van der Waals surface area contributed by atoms with Crippen molar-refractivity contribution in [2.75, 3.05) is 0 Å². The summed E-state index contributed by atoms with van der Waals surface area (Å²) in [5.74, 6) is 1.23. The van der Waals surface area contributed by atoms with Gasteiger partial charge in [-0.25, -0.2) is 0 Å².